The van der Waals surface area contributed by atoms with Crippen LogP contribution in [0.15, 0.2) is 30.3 Å². The van der Waals surface area contributed by atoms with Crippen LogP contribution >= 0.6 is 11.3 Å². The Kier molecular flexibility index (Phi) is 10.2. The minimum Gasteiger partial charge on any atom is -0.492 e. The number of piperidine rings is 1. The van der Waals surface area contributed by atoms with Crippen molar-refractivity contribution < 1.29 is 37.1 Å². The fourth-order valence-electron chi connectivity index (χ4n) is 3.97. The zero-order chi connectivity index (χ0) is 28.7. The van der Waals surface area contributed by atoms with Gasteiger partial charge in [0.05, 0.1) is 5.56 Å². The van der Waals surface area contributed by atoms with Crippen LogP contribution in [0.4, 0.5) is 23.0 Å². The fourth-order valence-corrected chi connectivity index (χ4v) is 5.08. The molecule has 0 spiro atoms. The van der Waals surface area contributed by atoms with Gasteiger partial charge in [0, 0.05) is 30.6 Å². The van der Waals surface area contributed by atoms with Gasteiger partial charge in [-0.25, -0.2) is 9.59 Å². The number of nitrogens with zero attached hydrogens (tertiary/aromatic N) is 3. The number of primary amides is 1. The molecule has 2 heterocycles. The number of likely N-dealkylation sites (tertiary alicyclic amines) is 1. The van der Waals surface area contributed by atoms with Gasteiger partial charge in [0.25, 0.3) is 5.91 Å². The lowest BCUT2D eigenvalue weighted by Crippen LogP contribution is -2.44. The lowest BCUT2D eigenvalue weighted by Gasteiger charge is -2.30. The molecule has 3 rings (SSSR count). The van der Waals surface area contributed by atoms with E-state index in [2.05, 4.69) is 23.6 Å². The van der Waals surface area contributed by atoms with Crippen molar-refractivity contribution in [2.75, 3.05) is 44.4 Å². The molecule has 1 saturated heterocycles. The Morgan fingerprint density at radius 2 is 1.72 bits per heavy atom. The summed E-state index contributed by atoms with van der Waals surface area (Å²) in [4.78, 5) is 45.4. The molecule has 4 N–H and O–H groups in total. The summed E-state index contributed by atoms with van der Waals surface area (Å²) in [5.74, 6) is -2.59. The summed E-state index contributed by atoms with van der Waals surface area (Å²) in [5, 5.41) is -0.327. The molecule has 0 unspecified atom stereocenters. The van der Waals surface area contributed by atoms with Crippen LogP contribution in [0.3, 0.4) is 0 Å². The van der Waals surface area contributed by atoms with E-state index in [1.54, 1.807) is 24.3 Å². The molecule has 3 amide bonds. The average molecular weight is 572 g/mol. The molecule has 0 atom stereocenters. The SMILES string of the molecule is CCN(CC)CCOc1ccc(-c2cc(C(=O)N3CCC(N)CC3)c(N(OC(=O)C(F)(F)F)C(N)=O)s2)cc1. The molecule has 0 bridgehead atoms. The zero-order valence-corrected chi connectivity index (χ0v) is 22.5. The predicted molar refractivity (Wildman–Crippen MR) is 140 cm³/mol. The Labute approximate surface area is 228 Å². The maximum atomic E-state index is 13.4. The van der Waals surface area contributed by atoms with E-state index in [0.717, 1.165) is 31.0 Å². The number of hydroxylamine groups is 1. The van der Waals surface area contributed by atoms with Gasteiger partial charge in [-0.1, -0.05) is 13.8 Å². The number of hydrogen-bond donors (Lipinski definition) is 2. The molecule has 214 valence electrons. The van der Waals surface area contributed by atoms with Crippen LogP contribution in [0.5, 0.6) is 5.75 Å². The second-order valence-electron chi connectivity index (χ2n) is 8.87. The molecular formula is C25H32F3N5O5S. The standard InChI is InChI=1S/C25H32F3N5O5S/c1-3-31(4-2)13-14-37-18-7-5-16(6-8-18)20-15-19(21(34)32-11-9-17(29)10-12-32)22(39-20)33(24(30)36)38-23(35)25(26,27)28/h5-8,15,17H,3-4,9-14,29H2,1-2H3,(H2,30,36). The van der Waals surface area contributed by atoms with Gasteiger partial charge < -0.3 is 30.8 Å². The van der Waals surface area contributed by atoms with Gasteiger partial charge in [-0.05, 0) is 61.8 Å². The average Bonchev–Trinajstić information content (AvgIpc) is 3.34. The predicted octanol–water partition coefficient (Wildman–Crippen LogP) is 3.60. The highest BCUT2D eigenvalue weighted by atomic mass is 32.1. The summed E-state index contributed by atoms with van der Waals surface area (Å²) in [7, 11) is 0. The Balaban J connectivity index is 1.91. The number of halogens is 3. The van der Waals surface area contributed by atoms with Gasteiger partial charge in [-0.2, -0.15) is 13.2 Å². The van der Waals surface area contributed by atoms with Crippen molar-refractivity contribution >= 4 is 34.2 Å². The minimum absolute atomic E-state index is 0.0115. The second kappa shape index (κ2) is 13.1. The van der Waals surface area contributed by atoms with Crippen molar-refractivity contribution in [2.45, 2.75) is 38.9 Å². The van der Waals surface area contributed by atoms with E-state index in [1.165, 1.54) is 11.0 Å². The molecule has 1 fully saturated rings. The highest BCUT2D eigenvalue weighted by molar-refractivity contribution is 7.20. The summed E-state index contributed by atoms with van der Waals surface area (Å²) < 4.78 is 44.5. The number of carbonyl (C=O) groups is 3. The molecule has 1 aromatic heterocycles. The number of amides is 3. The van der Waals surface area contributed by atoms with Crippen molar-refractivity contribution in [1.82, 2.24) is 9.80 Å². The van der Waals surface area contributed by atoms with Crippen molar-refractivity contribution in [3.63, 3.8) is 0 Å². The van der Waals surface area contributed by atoms with E-state index >= 15 is 0 Å². The van der Waals surface area contributed by atoms with Crippen LogP contribution < -0.4 is 21.3 Å². The molecule has 1 aromatic carbocycles. The molecule has 0 radical (unpaired) electrons. The molecule has 39 heavy (non-hydrogen) atoms. The molecular weight excluding hydrogens is 539 g/mol. The number of carbonyl (C=O) groups excluding carboxylic acids is 3. The zero-order valence-electron chi connectivity index (χ0n) is 21.7. The van der Waals surface area contributed by atoms with E-state index in [1.807, 2.05) is 0 Å². The van der Waals surface area contributed by atoms with Crippen molar-refractivity contribution in [2.24, 2.45) is 11.5 Å². The van der Waals surface area contributed by atoms with Crippen molar-refractivity contribution in [3.05, 3.63) is 35.9 Å². The van der Waals surface area contributed by atoms with Gasteiger partial charge in [0.1, 0.15) is 12.4 Å². The summed E-state index contributed by atoms with van der Waals surface area (Å²) in [6.45, 7) is 7.84. The Hall–Kier alpha value is -3.36. The van der Waals surface area contributed by atoms with Crippen LogP contribution in [-0.2, 0) is 9.63 Å². The van der Waals surface area contributed by atoms with E-state index in [0.29, 0.717) is 48.7 Å². The monoisotopic (exact) mass is 571 g/mol. The highest BCUT2D eigenvalue weighted by Gasteiger charge is 2.44. The summed E-state index contributed by atoms with van der Waals surface area (Å²) in [5.41, 5.74) is 11.7. The Bertz CT molecular complexity index is 1150. The summed E-state index contributed by atoms with van der Waals surface area (Å²) >= 11 is 0.789. The Morgan fingerprint density at radius 3 is 2.26 bits per heavy atom. The third-order valence-corrected chi connectivity index (χ3v) is 7.42. The van der Waals surface area contributed by atoms with Crippen LogP contribution in [-0.4, -0.2) is 79.3 Å². The highest BCUT2D eigenvalue weighted by Crippen LogP contribution is 2.40. The summed E-state index contributed by atoms with van der Waals surface area (Å²) in [6, 6.07) is 6.74. The smallest absolute Gasteiger partial charge is 0.492 e. The van der Waals surface area contributed by atoms with Crippen LogP contribution in [0.1, 0.15) is 37.0 Å². The van der Waals surface area contributed by atoms with E-state index < -0.39 is 24.1 Å². The van der Waals surface area contributed by atoms with Crippen LogP contribution in [0, 0.1) is 0 Å². The number of likely N-dealkylation sites (N-methyl/N-ethyl adjacent to an activating group) is 1. The maximum Gasteiger partial charge on any atom is 0.493 e. The normalized spacial score (nSPS) is 14.4. The minimum atomic E-state index is -5.39. The van der Waals surface area contributed by atoms with E-state index in [9.17, 15) is 27.6 Å². The largest absolute Gasteiger partial charge is 0.493 e. The van der Waals surface area contributed by atoms with Crippen LogP contribution in [0.25, 0.3) is 10.4 Å². The maximum absolute atomic E-state index is 13.4. The molecule has 1 aliphatic heterocycles. The first-order valence-electron chi connectivity index (χ1n) is 12.5. The molecule has 0 aliphatic carbocycles. The number of nitrogens with two attached hydrogens (primary N) is 2. The number of anilines is 1. The number of hydrogen-bond acceptors (Lipinski definition) is 8. The van der Waals surface area contributed by atoms with Crippen molar-refractivity contribution in [1.29, 1.82) is 0 Å². The van der Waals surface area contributed by atoms with Gasteiger partial charge in [0.2, 0.25) is 0 Å². The first kappa shape index (κ1) is 30.2. The lowest BCUT2D eigenvalue weighted by atomic mass is 10.1. The quantitative estimate of drug-likeness (QED) is 0.440. The van der Waals surface area contributed by atoms with Gasteiger partial charge >= 0.3 is 18.2 Å². The Morgan fingerprint density at radius 1 is 1.10 bits per heavy atom. The molecule has 14 heteroatoms. The van der Waals surface area contributed by atoms with E-state index in [-0.39, 0.29) is 21.7 Å². The molecule has 10 nitrogen and oxygen atoms in total. The lowest BCUT2D eigenvalue weighted by molar-refractivity contribution is -0.199. The third kappa shape index (κ3) is 7.83. The third-order valence-electron chi connectivity index (χ3n) is 6.27. The number of alkyl halides is 3. The first-order chi connectivity index (χ1) is 18.4. The molecule has 1 aliphatic rings. The van der Waals surface area contributed by atoms with Crippen molar-refractivity contribution in [3.8, 4) is 16.2 Å². The number of urea groups is 1. The first-order valence-corrected chi connectivity index (χ1v) is 13.3. The van der Waals surface area contributed by atoms with Gasteiger partial charge in [0.15, 0.2) is 5.00 Å². The van der Waals surface area contributed by atoms with Gasteiger partial charge in [-0.15, -0.1) is 16.4 Å². The fraction of sp³-hybridized carbons (Fsp3) is 0.480. The molecule has 0 saturated carbocycles. The van der Waals surface area contributed by atoms with E-state index in [4.69, 9.17) is 16.2 Å². The summed E-state index contributed by atoms with van der Waals surface area (Å²) in [6.07, 6.45) is -4.31. The van der Waals surface area contributed by atoms with Crippen LogP contribution in [0.2, 0.25) is 0 Å². The number of rotatable bonds is 9. The number of thiophene rings is 1. The molecule has 2 aromatic rings. The van der Waals surface area contributed by atoms with Gasteiger partial charge in [-0.3, -0.25) is 4.79 Å². The number of ether oxygens (including phenoxy) is 1. The second-order valence-corrected chi connectivity index (χ2v) is 9.90. The number of benzene rings is 1. The topological polar surface area (TPSA) is 131 Å².